The molecule has 1 aliphatic heterocycles. The average Bonchev–Trinajstić information content (AvgIpc) is 2.40. The first-order chi connectivity index (χ1) is 6.87. The van der Waals surface area contributed by atoms with Gasteiger partial charge in [-0.1, -0.05) is 18.2 Å². The lowest BCUT2D eigenvalue weighted by molar-refractivity contribution is 0.207. The molecular weight excluding hydrogens is 216 g/mol. The van der Waals surface area contributed by atoms with Crippen LogP contribution in [0.4, 0.5) is 0 Å². The molecule has 1 heterocycles. The molecule has 1 N–H and O–H groups in total. The third kappa shape index (κ3) is 1.27. The number of hydrogen-bond acceptors (Lipinski definition) is 3. The monoisotopic (exact) mass is 228 g/mol. The fourth-order valence-corrected chi connectivity index (χ4v) is 2.76. The number of rotatable bonds is 1. The lowest BCUT2D eigenvalue weighted by Crippen LogP contribution is -2.40. The highest BCUT2D eigenvalue weighted by Crippen LogP contribution is 2.45. The minimum atomic E-state index is -4.19. The fraction of sp³-hybridized carbons (Fsp3) is 0.400. The van der Waals surface area contributed by atoms with Gasteiger partial charge in [-0.3, -0.25) is 4.55 Å². The van der Waals surface area contributed by atoms with Crippen LogP contribution < -0.4 is 4.74 Å². The van der Waals surface area contributed by atoms with E-state index in [4.69, 9.17) is 4.74 Å². The maximum atomic E-state index is 11.4. The van der Waals surface area contributed by atoms with E-state index in [1.54, 1.807) is 31.2 Å². The van der Waals surface area contributed by atoms with E-state index >= 15 is 0 Å². The Morgan fingerprint density at radius 2 is 2.00 bits per heavy atom. The first-order valence-electron chi connectivity index (χ1n) is 4.60. The number of benzene rings is 1. The van der Waals surface area contributed by atoms with Crippen LogP contribution in [0, 0.1) is 0 Å². The Bertz CT molecular complexity index is 494. The van der Waals surface area contributed by atoms with Crippen molar-refractivity contribution < 1.29 is 17.7 Å². The van der Waals surface area contributed by atoms with Crippen molar-refractivity contribution in [3.63, 3.8) is 0 Å². The summed E-state index contributed by atoms with van der Waals surface area (Å²) >= 11 is 0. The Hall–Kier alpha value is -1.07. The second-order valence-corrected chi connectivity index (χ2v) is 5.64. The molecule has 5 heteroatoms. The summed E-state index contributed by atoms with van der Waals surface area (Å²) in [5.74, 6) is 0.519. The highest BCUT2D eigenvalue weighted by atomic mass is 32.2. The summed E-state index contributed by atoms with van der Waals surface area (Å²) in [7, 11) is -4.19. The molecule has 0 aliphatic carbocycles. The fourth-order valence-electron chi connectivity index (χ4n) is 1.85. The lowest BCUT2D eigenvalue weighted by Gasteiger charge is -2.23. The molecule has 2 unspecified atom stereocenters. The van der Waals surface area contributed by atoms with Crippen LogP contribution in [-0.2, 0) is 14.9 Å². The maximum absolute atomic E-state index is 11.4. The van der Waals surface area contributed by atoms with Crippen molar-refractivity contribution in [1.29, 1.82) is 0 Å². The van der Waals surface area contributed by atoms with Crippen molar-refractivity contribution in [2.45, 2.75) is 24.7 Å². The van der Waals surface area contributed by atoms with Crippen molar-refractivity contribution in [3.8, 4) is 5.75 Å². The SMILES string of the molecule is CC1Oc2ccccc2C1(C)S(=O)(=O)O. The number of hydrogen-bond donors (Lipinski definition) is 1. The Morgan fingerprint density at radius 3 is 2.60 bits per heavy atom. The highest BCUT2D eigenvalue weighted by Gasteiger charge is 2.52. The summed E-state index contributed by atoms with van der Waals surface area (Å²) in [6.07, 6.45) is -0.593. The van der Waals surface area contributed by atoms with Gasteiger partial charge in [0.2, 0.25) is 0 Å². The standard InChI is InChI=1S/C10H12O4S/c1-7-10(2,15(11,12)13)8-5-3-4-6-9(8)14-7/h3-7H,1-2H3,(H,11,12,13). The second kappa shape index (κ2) is 2.96. The molecule has 0 bridgehead atoms. The molecule has 0 fully saturated rings. The lowest BCUT2D eigenvalue weighted by atomic mass is 9.97. The van der Waals surface area contributed by atoms with E-state index in [-0.39, 0.29) is 0 Å². The van der Waals surface area contributed by atoms with Crippen LogP contribution in [0.1, 0.15) is 19.4 Å². The van der Waals surface area contributed by atoms with Crippen LogP contribution in [0.25, 0.3) is 0 Å². The smallest absolute Gasteiger partial charge is 0.278 e. The molecule has 4 nitrogen and oxygen atoms in total. The Labute approximate surface area is 88.6 Å². The predicted molar refractivity (Wildman–Crippen MR) is 55.4 cm³/mol. The minimum absolute atomic E-state index is 0.514. The molecule has 0 amide bonds. The highest BCUT2D eigenvalue weighted by molar-refractivity contribution is 7.86. The van der Waals surface area contributed by atoms with Crippen molar-refractivity contribution in [2.24, 2.45) is 0 Å². The van der Waals surface area contributed by atoms with E-state index < -0.39 is 21.0 Å². The molecule has 0 saturated carbocycles. The summed E-state index contributed by atoms with van der Waals surface area (Å²) in [4.78, 5) is 0. The van der Waals surface area contributed by atoms with Crippen LogP contribution in [0.15, 0.2) is 24.3 Å². The van der Waals surface area contributed by atoms with Gasteiger partial charge in [0.15, 0.2) is 4.75 Å². The molecule has 15 heavy (non-hydrogen) atoms. The Morgan fingerprint density at radius 1 is 1.40 bits per heavy atom. The molecule has 0 radical (unpaired) electrons. The van der Waals surface area contributed by atoms with Gasteiger partial charge in [0.25, 0.3) is 10.1 Å². The molecule has 1 aliphatic rings. The van der Waals surface area contributed by atoms with E-state index in [1.165, 1.54) is 6.92 Å². The normalized spacial score (nSPS) is 29.7. The molecule has 0 spiro atoms. The third-order valence-corrected chi connectivity index (χ3v) is 4.66. The first kappa shape index (κ1) is 10.4. The molecular formula is C10H12O4S. The predicted octanol–water partition coefficient (Wildman–Crippen LogP) is 1.57. The van der Waals surface area contributed by atoms with E-state index in [9.17, 15) is 13.0 Å². The summed E-state index contributed by atoms with van der Waals surface area (Å²) in [5, 5.41) is 0. The van der Waals surface area contributed by atoms with Crippen LogP contribution in [0.5, 0.6) is 5.75 Å². The van der Waals surface area contributed by atoms with E-state index in [0.29, 0.717) is 11.3 Å². The van der Waals surface area contributed by atoms with Crippen molar-refractivity contribution in [1.82, 2.24) is 0 Å². The zero-order valence-corrected chi connectivity index (χ0v) is 9.28. The summed E-state index contributed by atoms with van der Waals surface area (Å²) in [5.41, 5.74) is 0.514. The van der Waals surface area contributed by atoms with Gasteiger partial charge in [-0.2, -0.15) is 8.42 Å². The number of fused-ring (bicyclic) bond motifs is 1. The third-order valence-electron chi connectivity index (χ3n) is 3.04. The van der Waals surface area contributed by atoms with Gasteiger partial charge in [0, 0.05) is 5.56 Å². The Kier molecular flexibility index (Phi) is 2.06. The minimum Gasteiger partial charge on any atom is -0.488 e. The first-order valence-corrected chi connectivity index (χ1v) is 6.04. The molecule has 1 aromatic carbocycles. The van der Waals surface area contributed by atoms with Crippen LogP contribution in [0.2, 0.25) is 0 Å². The van der Waals surface area contributed by atoms with Gasteiger partial charge in [-0.25, -0.2) is 0 Å². The van der Waals surface area contributed by atoms with Crippen LogP contribution in [0.3, 0.4) is 0 Å². The van der Waals surface area contributed by atoms with Gasteiger partial charge in [0.05, 0.1) is 0 Å². The van der Waals surface area contributed by atoms with Gasteiger partial charge in [-0.05, 0) is 19.9 Å². The Balaban J connectivity index is 2.70. The topological polar surface area (TPSA) is 63.6 Å². The average molecular weight is 228 g/mol. The van der Waals surface area contributed by atoms with Crippen molar-refractivity contribution >= 4 is 10.1 Å². The number of para-hydroxylation sites is 1. The molecule has 82 valence electrons. The van der Waals surface area contributed by atoms with Crippen LogP contribution in [-0.4, -0.2) is 19.1 Å². The van der Waals surface area contributed by atoms with E-state index in [2.05, 4.69) is 0 Å². The van der Waals surface area contributed by atoms with Gasteiger partial charge < -0.3 is 4.74 Å². The van der Waals surface area contributed by atoms with Crippen molar-refractivity contribution in [3.05, 3.63) is 29.8 Å². The molecule has 2 atom stereocenters. The quantitative estimate of drug-likeness (QED) is 0.741. The maximum Gasteiger partial charge on any atom is 0.278 e. The summed E-state index contributed by atoms with van der Waals surface area (Å²) in [6.45, 7) is 3.10. The van der Waals surface area contributed by atoms with E-state index in [1.807, 2.05) is 0 Å². The number of ether oxygens (including phenoxy) is 1. The molecule has 2 rings (SSSR count). The summed E-state index contributed by atoms with van der Waals surface area (Å²) < 4.78 is 36.1. The largest absolute Gasteiger partial charge is 0.488 e. The van der Waals surface area contributed by atoms with Gasteiger partial charge in [-0.15, -0.1) is 0 Å². The summed E-state index contributed by atoms with van der Waals surface area (Å²) in [6, 6.07) is 6.85. The van der Waals surface area contributed by atoms with Crippen molar-refractivity contribution in [2.75, 3.05) is 0 Å². The molecule has 0 saturated heterocycles. The zero-order chi connectivity index (χ0) is 11.3. The van der Waals surface area contributed by atoms with E-state index in [0.717, 1.165) is 0 Å². The molecule has 0 aromatic heterocycles. The molecule has 1 aromatic rings. The second-order valence-electron chi connectivity index (χ2n) is 3.84. The van der Waals surface area contributed by atoms with Crippen LogP contribution >= 0.6 is 0 Å². The van der Waals surface area contributed by atoms with Gasteiger partial charge in [0.1, 0.15) is 11.9 Å². The zero-order valence-electron chi connectivity index (χ0n) is 8.47. The van der Waals surface area contributed by atoms with Gasteiger partial charge >= 0.3 is 0 Å².